The summed E-state index contributed by atoms with van der Waals surface area (Å²) in [4.78, 5) is 12.2. The molecule has 0 amide bonds. The second-order valence-electron chi connectivity index (χ2n) is 4.08. The zero-order valence-corrected chi connectivity index (χ0v) is 12.7. The normalized spacial score (nSPS) is 14.3. The average Bonchev–Trinajstić information content (AvgIpc) is 2.56. The molecule has 0 saturated carbocycles. The average molecular weight is 327 g/mol. The fourth-order valence-electron chi connectivity index (χ4n) is 2.18. The van der Waals surface area contributed by atoms with Crippen molar-refractivity contribution in [1.82, 2.24) is 0 Å². The van der Waals surface area contributed by atoms with Gasteiger partial charge in [-0.05, 0) is 12.5 Å². The van der Waals surface area contributed by atoms with Crippen LogP contribution in [-0.4, -0.2) is 27.1 Å². The molecule has 0 atom stereocenters. The van der Waals surface area contributed by atoms with Gasteiger partial charge in [-0.2, -0.15) is 0 Å². The summed E-state index contributed by atoms with van der Waals surface area (Å²) in [5.74, 6) is 1.56. The third-order valence-corrected chi connectivity index (χ3v) is 3.78. The second-order valence-corrected chi connectivity index (χ2v) is 4.94. The minimum absolute atomic E-state index is 0.0694. The minimum Gasteiger partial charge on any atom is -0.493 e. The van der Waals surface area contributed by atoms with Crippen LogP contribution < -0.4 is 14.2 Å². The highest BCUT2D eigenvalue weighted by Gasteiger charge is 2.26. The molecule has 2 rings (SSSR count). The highest BCUT2D eigenvalue weighted by Crippen LogP contribution is 2.47. The number of benzene rings is 1. The molecule has 19 heavy (non-hydrogen) atoms. The zero-order valence-electron chi connectivity index (χ0n) is 11.1. The van der Waals surface area contributed by atoms with Crippen molar-refractivity contribution in [3.05, 3.63) is 23.3 Å². The maximum atomic E-state index is 12.2. The van der Waals surface area contributed by atoms with E-state index in [4.69, 9.17) is 14.2 Å². The maximum Gasteiger partial charge on any atom is 0.203 e. The van der Waals surface area contributed by atoms with E-state index >= 15 is 0 Å². The number of ketones is 1. The summed E-state index contributed by atoms with van der Waals surface area (Å²) in [6, 6.07) is 1.71. The summed E-state index contributed by atoms with van der Waals surface area (Å²) in [7, 11) is 4.63. The number of rotatable bonds is 3. The van der Waals surface area contributed by atoms with E-state index in [1.54, 1.807) is 20.3 Å². The third kappa shape index (κ3) is 2.34. The van der Waals surface area contributed by atoms with Gasteiger partial charge in [0.2, 0.25) is 5.75 Å². The van der Waals surface area contributed by atoms with Crippen molar-refractivity contribution < 1.29 is 19.0 Å². The number of halogens is 1. The Kier molecular flexibility index (Phi) is 4.14. The number of hydrogen-bond donors (Lipinski definition) is 0. The summed E-state index contributed by atoms with van der Waals surface area (Å²) >= 11 is 3.50. The molecule has 1 aromatic carbocycles. The fourth-order valence-corrected chi connectivity index (χ4v) is 2.80. The van der Waals surface area contributed by atoms with E-state index in [2.05, 4.69) is 15.9 Å². The van der Waals surface area contributed by atoms with Crippen molar-refractivity contribution in [3.8, 4) is 17.2 Å². The molecule has 0 aromatic heterocycles. The van der Waals surface area contributed by atoms with Gasteiger partial charge in [-0.3, -0.25) is 4.79 Å². The number of ether oxygens (including phenoxy) is 3. The van der Waals surface area contributed by atoms with E-state index in [1.165, 1.54) is 7.11 Å². The smallest absolute Gasteiger partial charge is 0.203 e. The van der Waals surface area contributed by atoms with Crippen LogP contribution in [0.2, 0.25) is 0 Å². The lowest BCUT2D eigenvalue weighted by Gasteiger charge is -2.18. The van der Waals surface area contributed by atoms with Gasteiger partial charge in [-0.15, -0.1) is 0 Å². The Morgan fingerprint density at radius 1 is 1.11 bits per heavy atom. The van der Waals surface area contributed by atoms with Crippen molar-refractivity contribution in [2.24, 2.45) is 0 Å². The Labute approximate surface area is 120 Å². The Balaban J connectivity index is 2.81. The molecule has 0 radical (unpaired) electrons. The van der Waals surface area contributed by atoms with Crippen LogP contribution in [0.15, 0.2) is 12.1 Å². The van der Waals surface area contributed by atoms with Crippen LogP contribution in [-0.2, 0) is 0 Å². The number of carbonyl (C=O) groups excluding carboxylic acids is 1. The molecule has 5 heteroatoms. The molecular formula is C14H15BrO4. The molecule has 1 aromatic rings. The van der Waals surface area contributed by atoms with E-state index in [0.29, 0.717) is 35.7 Å². The summed E-state index contributed by atoms with van der Waals surface area (Å²) in [5.41, 5.74) is 1.32. The van der Waals surface area contributed by atoms with Gasteiger partial charge in [0, 0.05) is 22.0 Å². The summed E-state index contributed by atoms with van der Waals surface area (Å²) < 4.78 is 16.9. The van der Waals surface area contributed by atoms with Crippen molar-refractivity contribution in [2.45, 2.75) is 12.8 Å². The molecule has 0 aliphatic heterocycles. The summed E-state index contributed by atoms with van der Waals surface area (Å²) in [6.07, 6.45) is 3.14. The standard InChI is InChI=1S/C14H15BrO4/c1-17-11-7-8-10(16)6-4-5-9(15)12(8)14(19-3)13(11)18-2/h5,7H,4,6H2,1-3H3. The quantitative estimate of drug-likeness (QED) is 0.853. The minimum atomic E-state index is 0.0694. The molecule has 1 aliphatic rings. The summed E-state index contributed by atoms with van der Waals surface area (Å²) in [5, 5.41) is 0. The Morgan fingerprint density at radius 3 is 2.37 bits per heavy atom. The van der Waals surface area contributed by atoms with Gasteiger partial charge in [0.05, 0.1) is 21.3 Å². The largest absolute Gasteiger partial charge is 0.493 e. The van der Waals surface area contributed by atoms with Crippen LogP contribution in [0.25, 0.3) is 4.48 Å². The van der Waals surface area contributed by atoms with Gasteiger partial charge in [-0.1, -0.05) is 22.0 Å². The Morgan fingerprint density at radius 2 is 1.79 bits per heavy atom. The highest BCUT2D eigenvalue weighted by molar-refractivity contribution is 9.15. The molecule has 0 fully saturated rings. The maximum absolute atomic E-state index is 12.2. The van der Waals surface area contributed by atoms with Crippen LogP contribution in [0.3, 0.4) is 0 Å². The highest BCUT2D eigenvalue weighted by atomic mass is 79.9. The molecule has 4 nitrogen and oxygen atoms in total. The van der Waals surface area contributed by atoms with Crippen molar-refractivity contribution in [1.29, 1.82) is 0 Å². The topological polar surface area (TPSA) is 44.8 Å². The van der Waals surface area contributed by atoms with Crippen LogP contribution in [0.4, 0.5) is 0 Å². The monoisotopic (exact) mass is 326 g/mol. The van der Waals surface area contributed by atoms with Gasteiger partial charge in [0.1, 0.15) is 0 Å². The predicted octanol–water partition coefficient (Wildman–Crippen LogP) is 3.42. The molecule has 0 spiro atoms. The molecule has 0 N–H and O–H groups in total. The SMILES string of the molecule is COc1cc2c(c(OC)c1OC)C(Br)=CCCC2=O. The second kappa shape index (κ2) is 5.65. The first kappa shape index (κ1) is 13.9. The van der Waals surface area contributed by atoms with Crippen LogP contribution >= 0.6 is 15.9 Å². The lowest BCUT2D eigenvalue weighted by Crippen LogP contribution is -2.05. The van der Waals surface area contributed by atoms with Crippen molar-refractivity contribution in [3.63, 3.8) is 0 Å². The lowest BCUT2D eigenvalue weighted by molar-refractivity contribution is 0.0983. The molecule has 0 unspecified atom stereocenters. The van der Waals surface area contributed by atoms with E-state index in [0.717, 1.165) is 10.0 Å². The number of carbonyl (C=O) groups is 1. The van der Waals surface area contributed by atoms with Gasteiger partial charge >= 0.3 is 0 Å². The number of methoxy groups -OCH3 is 3. The van der Waals surface area contributed by atoms with E-state index in [9.17, 15) is 4.79 Å². The Hall–Kier alpha value is -1.49. The van der Waals surface area contributed by atoms with Crippen LogP contribution in [0.5, 0.6) is 17.2 Å². The van der Waals surface area contributed by atoms with Gasteiger partial charge in [0.15, 0.2) is 17.3 Å². The molecule has 0 bridgehead atoms. The molecule has 0 saturated heterocycles. The van der Waals surface area contributed by atoms with Crippen molar-refractivity contribution >= 4 is 26.2 Å². The lowest BCUT2D eigenvalue weighted by atomic mass is 10.0. The van der Waals surface area contributed by atoms with E-state index in [1.807, 2.05) is 6.08 Å². The number of hydrogen-bond acceptors (Lipinski definition) is 4. The molecule has 102 valence electrons. The molecule has 1 aliphatic carbocycles. The van der Waals surface area contributed by atoms with Gasteiger partial charge in [0.25, 0.3) is 0 Å². The Bertz CT molecular complexity index is 549. The predicted molar refractivity (Wildman–Crippen MR) is 76.6 cm³/mol. The van der Waals surface area contributed by atoms with Gasteiger partial charge < -0.3 is 14.2 Å². The number of Topliss-reactive ketones (excluding diaryl/α,β-unsaturated/α-hetero) is 1. The molecule has 0 heterocycles. The van der Waals surface area contributed by atoms with Crippen molar-refractivity contribution in [2.75, 3.05) is 21.3 Å². The first-order valence-corrected chi connectivity index (χ1v) is 6.65. The number of fused-ring (bicyclic) bond motifs is 1. The fraction of sp³-hybridized carbons (Fsp3) is 0.357. The third-order valence-electron chi connectivity index (χ3n) is 3.06. The van der Waals surface area contributed by atoms with Crippen LogP contribution in [0.1, 0.15) is 28.8 Å². The summed E-state index contributed by atoms with van der Waals surface area (Å²) in [6.45, 7) is 0. The first-order valence-electron chi connectivity index (χ1n) is 5.86. The van der Waals surface area contributed by atoms with Crippen LogP contribution in [0, 0.1) is 0 Å². The molecular weight excluding hydrogens is 312 g/mol. The van der Waals surface area contributed by atoms with E-state index in [-0.39, 0.29) is 5.78 Å². The zero-order chi connectivity index (χ0) is 14.0. The first-order chi connectivity index (χ1) is 9.13. The van der Waals surface area contributed by atoms with E-state index < -0.39 is 0 Å². The number of allylic oxidation sites excluding steroid dienone is 1. The van der Waals surface area contributed by atoms with Gasteiger partial charge in [-0.25, -0.2) is 0 Å².